The Bertz CT molecular complexity index is 552. The number of amides is 2. The van der Waals surface area contributed by atoms with Crippen molar-refractivity contribution < 1.29 is 49.7 Å². The fourth-order valence-corrected chi connectivity index (χ4v) is 6.15. The summed E-state index contributed by atoms with van der Waals surface area (Å²) in [4.78, 5) is 23.0. The molecule has 12 nitrogen and oxygen atoms in total. The second kappa shape index (κ2) is 11.3. The molecule has 0 radical (unpaired) electrons. The molecule has 2 aliphatic heterocycles. The van der Waals surface area contributed by atoms with Gasteiger partial charge in [0.05, 0.1) is 25.3 Å². The molecule has 174 valence electrons. The second-order valence-electron chi connectivity index (χ2n) is 7.06. The van der Waals surface area contributed by atoms with Crippen molar-refractivity contribution in [1.82, 2.24) is 10.6 Å². The molecular formula is C16H28N2O10S2. The predicted octanol–water partition coefficient (Wildman–Crippen LogP) is -3.74. The fraction of sp³-hybridized carbons (Fsp3) is 0.875. The van der Waals surface area contributed by atoms with E-state index in [0.29, 0.717) is 0 Å². The third kappa shape index (κ3) is 5.97. The number of carbonyl (C=O) groups is 2. The van der Waals surface area contributed by atoms with Crippen LogP contribution in [0.5, 0.6) is 0 Å². The summed E-state index contributed by atoms with van der Waals surface area (Å²) < 4.78 is 11.2. The van der Waals surface area contributed by atoms with E-state index in [0.717, 1.165) is 21.6 Å². The summed E-state index contributed by atoms with van der Waals surface area (Å²) >= 11 is 0. The van der Waals surface area contributed by atoms with Crippen molar-refractivity contribution in [3.63, 3.8) is 0 Å². The van der Waals surface area contributed by atoms with E-state index in [-0.39, 0.29) is 0 Å². The SMILES string of the molecule is CC(=O)NC1[C@@H](O)[C@@H](O)C(CO)O[C@H]1SS[C@@H]1OC(CO)[C@H](O)[C@@H](O)C1NC(C)=O. The molecule has 30 heavy (non-hydrogen) atoms. The van der Waals surface area contributed by atoms with E-state index in [2.05, 4.69) is 10.6 Å². The molecule has 0 aliphatic carbocycles. The van der Waals surface area contributed by atoms with E-state index in [4.69, 9.17) is 9.47 Å². The van der Waals surface area contributed by atoms with Gasteiger partial charge in [-0.25, -0.2) is 0 Å². The lowest BCUT2D eigenvalue weighted by atomic mass is 9.98. The molecule has 0 spiro atoms. The molecule has 2 heterocycles. The molecule has 10 atom stereocenters. The molecular weight excluding hydrogens is 444 g/mol. The van der Waals surface area contributed by atoms with Crippen LogP contribution >= 0.6 is 21.6 Å². The first-order chi connectivity index (χ1) is 14.1. The number of hydrogen-bond acceptors (Lipinski definition) is 12. The quantitative estimate of drug-likeness (QED) is 0.169. The topological polar surface area (TPSA) is 198 Å². The van der Waals surface area contributed by atoms with Gasteiger partial charge in [-0.15, -0.1) is 0 Å². The van der Waals surface area contributed by atoms with Crippen molar-refractivity contribution >= 4 is 33.4 Å². The zero-order chi connectivity index (χ0) is 22.6. The standard InChI is InChI=1S/C16H28N2O10S2/c1-5(21)17-9-13(25)11(23)7(3-19)27-15(9)29-30-16-10(18-6(2)22)14(26)12(24)8(4-20)28-16/h7-16,19-20,23-26H,3-4H2,1-2H3,(H,17,21)(H,18,22)/t7?,8?,9?,10?,11-,12-,13-,14+,15-,16-/m0/s1. The second-order valence-corrected chi connectivity index (χ2v) is 9.53. The number of rotatable bonds is 7. The van der Waals surface area contributed by atoms with Gasteiger partial charge in [-0.2, -0.15) is 0 Å². The Hall–Kier alpha value is -0.680. The van der Waals surface area contributed by atoms with Crippen LogP contribution in [-0.4, -0.2) is 115 Å². The van der Waals surface area contributed by atoms with Gasteiger partial charge in [0.15, 0.2) is 0 Å². The first kappa shape index (κ1) is 25.6. The van der Waals surface area contributed by atoms with Crippen molar-refractivity contribution in [3.05, 3.63) is 0 Å². The molecule has 0 bridgehead atoms. The summed E-state index contributed by atoms with van der Waals surface area (Å²) in [6.45, 7) is 1.32. The van der Waals surface area contributed by atoms with Crippen LogP contribution in [-0.2, 0) is 19.1 Å². The van der Waals surface area contributed by atoms with Gasteiger partial charge in [0, 0.05) is 13.8 Å². The van der Waals surface area contributed by atoms with Crippen LogP contribution in [0, 0.1) is 0 Å². The van der Waals surface area contributed by atoms with Crippen LogP contribution in [0.25, 0.3) is 0 Å². The third-order valence-electron chi connectivity index (χ3n) is 4.75. The number of carbonyl (C=O) groups excluding carboxylic acids is 2. The molecule has 8 N–H and O–H groups in total. The largest absolute Gasteiger partial charge is 0.394 e. The summed E-state index contributed by atoms with van der Waals surface area (Å²) in [6, 6.07) is -2.05. The molecule has 0 aromatic heterocycles. The van der Waals surface area contributed by atoms with Gasteiger partial charge < -0.3 is 50.7 Å². The van der Waals surface area contributed by atoms with Crippen molar-refractivity contribution in [2.45, 2.75) is 73.4 Å². The Morgan fingerprint density at radius 3 is 1.33 bits per heavy atom. The van der Waals surface area contributed by atoms with Gasteiger partial charge >= 0.3 is 0 Å². The zero-order valence-electron chi connectivity index (χ0n) is 16.3. The fourth-order valence-electron chi connectivity index (χ4n) is 3.21. The first-order valence-electron chi connectivity index (χ1n) is 9.21. The third-order valence-corrected chi connectivity index (χ3v) is 7.52. The predicted molar refractivity (Wildman–Crippen MR) is 106 cm³/mol. The molecule has 2 saturated heterocycles. The van der Waals surface area contributed by atoms with E-state index >= 15 is 0 Å². The van der Waals surface area contributed by atoms with Crippen LogP contribution in [0.1, 0.15) is 13.8 Å². The Balaban J connectivity index is 2.16. The highest BCUT2D eigenvalue weighted by Crippen LogP contribution is 2.41. The lowest BCUT2D eigenvalue weighted by Gasteiger charge is -2.44. The normalized spacial score (nSPS) is 41.9. The molecule has 2 fully saturated rings. The van der Waals surface area contributed by atoms with Crippen molar-refractivity contribution in [2.75, 3.05) is 13.2 Å². The van der Waals surface area contributed by atoms with Crippen molar-refractivity contribution in [1.29, 1.82) is 0 Å². The molecule has 2 aliphatic rings. The average molecular weight is 473 g/mol. The maximum Gasteiger partial charge on any atom is 0.217 e. The number of nitrogens with one attached hydrogen (secondary N) is 2. The van der Waals surface area contributed by atoms with Gasteiger partial charge in [0.25, 0.3) is 0 Å². The Morgan fingerprint density at radius 2 is 1.07 bits per heavy atom. The van der Waals surface area contributed by atoms with Crippen LogP contribution in [0.2, 0.25) is 0 Å². The van der Waals surface area contributed by atoms with Gasteiger partial charge in [0.1, 0.15) is 47.5 Å². The lowest BCUT2D eigenvalue weighted by Crippen LogP contribution is -2.64. The van der Waals surface area contributed by atoms with E-state index in [9.17, 15) is 40.2 Å². The Morgan fingerprint density at radius 1 is 0.733 bits per heavy atom. The minimum Gasteiger partial charge on any atom is -0.394 e. The summed E-state index contributed by atoms with van der Waals surface area (Å²) in [5.41, 5.74) is -1.87. The lowest BCUT2D eigenvalue weighted by molar-refractivity contribution is -0.174. The van der Waals surface area contributed by atoms with E-state index < -0.39 is 84.6 Å². The Kier molecular flexibility index (Phi) is 9.60. The van der Waals surface area contributed by atoms with Gasteiger partial charge in [-0.05, 0) is 0 Å². The molecule has 2 amide bonds. The van der Waals surface area contributed by atoms with Crippen LogP contribution in [0.15, 0.2) is 0 Å². The van der Waals surface area contributed by atoms with Gasteiger partial charge in [-0.3, -0.25) is 9.59 Å². The summed E-state index contributed by atoms with van der Waals surface area (Å²) in [6.07, 6.45) is -7.90. The van der Waals surface area contributed by atoms with Crippen molar-refractivity contribution in [2.24, 2.45) is 0 Å². The number of aliphatic hydroxyl groups is 6. The van der Waals surface area contributed by atoms with Crippen LogP contribution in [0.3, 0.4) is 0 Å². The molecule has 0 aromatic carbocycles. The highest BCUT2D eigenvalue weighted by molar-refractivity contribution is 8.77. The minimum absolute atomic E-state index is 0.475. The maximum absolute atomic E-state index is 11.5. The number of aliphatic hydroxyl groups excluding tert-OH is 6. The van der Waals surface area contributed by atoms with E-state index in [1.54, 1.807) is 0 Å². The average Bonchev–Trinajstić information content (AvgIpc) is 2.69. The summed E-state index contributed by atoms with van der Waals surface area (Å²) in [5, 5.41) is 64.6. The monoisotopic (exact) mass is 472 g/mol. The molecule has 4 unspecified atom stereocenters. The summed E-state index contributed by atoms with van der Waals surface area (Å²) in [5.74, 6) is -0.950. The van der Waals surface area contributed by atoms with Crippen LogP contribution < -0.4 is 10.6 Å². The molecule has 14 heteroatoms. The van der Waals surface area contributed by atoms with E-state index in [1.807, 2.05) is 0 Å². The molecule has 2 rings (SSSR count). The van der Waals surface area contributed by atoms with Crippen molar-refractivity contribution in [3.8, 4) is 0 Å². The number of hydrogen-bond donors (Lipinski definition) is 8. The summed E-state index contributed by atoms with van der Waals surface area (Å²) in [7, 11) is 1.94. The van der Waals surface area contributed by atoms with Gasteiger partial charge in [0.2, 0.25) is 11.8 Å². The van der Waals surface area contributed by atoms with E-state index in [1.165, 1.54) is 13.8 Å². The first-order valence-corrected chi connectivity index (χ1v) is 11.5. The van der Waals surface area contributed by atoms with Crippen LogP contribution in [0.4, 0.5) is 0 Å². The highest BCUT2D eigenvalue weighted by atomic mass is 33.1. The minimum atomic E-state index is -1.43. The van der Waals surface area contributed by atoms with Gasteiger partial charge in [-0.1, -0.05) is 21.6 Å². The number of ether oxygens (including phenoxy) is 2. The maximum atomic E-state index is 11.5. The smallest absolute Gasteiger partial charge is 0.217 e. The Labute approximate surface area is 180 Å². The highest BCUT2D eigenvalue weighted by Gasteiger charge is 2.48. The zero-order valence-corrected chi connectivity index (χ0v) is 18.0. The molecule has 0 saturated carbocycles. The molecule has 0 aromatic rings.